The number of hydrogen-bond donors (Lipinski definition) is 1. The number of benzene rings is 1. The highest BCUT2D eigenvalue weighted by atomic mass is 35.5. The smallest absolute Gasteiger partial charge is 0.230 e. The number of rotatable bonds is 8. The van der Waals surface area contributed by atoms with Gasteiger partial charge in [-0.1, -0.05) is 24.4 Å². The average Bonchev–Trinajstić information content (AvgIpc) is 2.56. The number of carbonyl (C=O) groups excluding carboxylic acids is 1. The summed E-state index contributed by atoms with van der Waals surface area (Å²) in [4.78, 5) is 13.1. The van der Waals surface area contributed by atoms with Crippen LogP contribution >= 0.6 is 35.1 Å². The van der Waals surface area contributed by atoms with Crippen LogP contribution in [0.25, 0.3) is 0 Å². The molecule has 23 heavy (non-hydrogen) atoms. The quantitative estimate of drug-likeness (QED) is 0.692. The molecule has 0 bridgehead atoms. The number of carbonyl (C=O) groups is 1. The Morgan fingerprint density at radius 3 is 2.65 bits per heavy atom. The van der Waals surface area contributed by atoms with Gasteiger partial charge in [0.1, 0.15) is 0 Å². The van der Waals surface area contributed by atoms with Gasteiger partial charge in [0.15, 0.2) is 0 Å². The fraction of sp³-hybridized carbons (Fsp3) is 0.588. The van der Waals surface area contributed by atoms with Crippen LogP contribution in [0.3, 0.4) is 0 Å². The number of ether oxygens (including phenoxy) is 1. The molecule has 1 amide bonds. The number of methoxy groups -OCH3 is 1. The van der Waals surface area contributed by atoms with Crippen molar-refractivity contribution in [1.29, 1.82) is 0 Å². The Balaban J connectivity index is 1.81. The van der Waals surface area contributed by atoms with Crippen molar-refractivity contribution in [1.82, 2.24) is 5.32 Å². The van der Waals surface area contributed by atoms with E-state index < -0.39 is 0 Å². The Morgan fingerprint density at radius 1 is 1.26 bits per heavy atom. The van der Waals surface area contributed by atoms with Crippen LogP contribution in [0.4, 0.5) is 0 Å². The molecule has 0 spiro atoms. The van der Waals surface area contributed by atoms with Crippen LogP contribution in [0.5, 0.6) is 0 Å². The third-order valence-corrected chi connectivity index (χ3v) is 7.06. The summed E-state index contributed by atoms with van der Waals surface area (Å²) >= 11 is 9.67. The van der Waals surface area contributed by atoms with Crippen molar-refractivity contribution < 1.29 is 9.53 Å². The lowest BCUT2D eigenvalue weighted by Crippen LogP contribution is -2.31. The van der Waals surface area contributed by atoms with Crippen LogP contribution in [-0.4, -0.2) is 42.4 Å². The van der Waals surface area contributed by atoms with Crippen LogP contribution in [0.15, 0.2) is 29.2 Å². The van der Waals surface area contributed by atoms with Crippen LogP contribution in [-0.2, 0) is 9.53 Å². The summed E-state index contributed by atoms with van der Waals surface area (Å²) < 4.78 is 4.94. The molecule has 0 radical (unpaired) electrons. The van der Waals surface area contributed by atoms with Gasteiger partial charge in [0.25, 0.3) is 0 Å². The van der Waals surface area contributed by atoms with Gasteiger partial charge in [-0.2, -0.15) is 0 Å². The van der Waals surface area contributed by atoms with Gasteiger partial charge in [0, 0.05) is 34.1 Å². The first-order valence-electron chi connectivity index (χ1n) is 7.98. The largest absolute Gasteiger partial charge is 0.383 e. The molecule has 2 rings (SSSR count). The topological polar surface area (TPSA) is 38.3 Å². The molecule has 6 heteroatoms. The first-order chi connectivity index (χ1) is 11.2. The average molecular weight is 374 g/mol. The number of nitrogens with one attached hydrogen (secondary N) is 1. The zero-order valence-electron chi connectivity index (χ0n) is 13.4. The maximum Gasteiger partial charge on any atom is 0.230 e. The van der Waals surface area contributed by atoms with Gasteiger partial charge >= 0.3 is 0 Å². The summed E-state index contributed by atoms with van der Waals surface area (Å²) in [6.07, 6.45) is 4.96. The van der Waals surface area contributed by atoms with E-state index in [1.807, 2.05) is 23.9 Å². The summed E-state index contributed by atoms with van der Waals surface area (Å²) in [5.41, 5.74) is 0. The van der Waals surface area contributed by atoms with Gasteiger partial charge in [0.05, 0.1) is 12.4 Å². The molecule has 0 aromatic heterocycles. The summed E-state index contributed by atoms with van der Waals surface area (Å²) in [7, 11) is 1.64. The predicted molar refractivity (Wildman–Crippen MR) is 101 cm³/mol. The lowest BCUT2D eigenvalue weighted by molar-refractivity contribution is -0.118. The van der Waals surface area contributed by atoms with Gasteiger partial charge in [-0.25, -0.2) is 0 Å². The minimum atomic E-state index is 0.105. The summed E-state index contributed by atoms with van der Waals surface area (Å²) in [5, 5.41) is 4.77. The van der Waals surface area contributed by atoms with Crippen molar-refractivity contribution >= 4 is 41.0 Å². The molecule has 1 fully saturated rings. The highest BCUT2D eigenvalue weighted by molar-refractivity contribution is 8.04. The second-order valence-electron chi connectivity index (χ2n) is 5.59. The van der Waals surface area contributed by atoms with Gasteiger partial charge in [-0.3, -0.25) is 4.79 Å². The molecular formula is C17H24ClNO2S2. The molecule has 0 heterocycles. The number of halogens is 1. The zero-order chi connectivity index (χ0) is 16.5. The second kappa shape index (κ2) is 10.5. The normalized spacial score (nSPS) is 21.1. The SMILES string of the molecule is COCCNC(=O)CSC1CCCCC1Sc1ccc(Cl)cc1. The second-order valence-corrected chi connectivity index (χ2v) is 8.56. The fourth-order valence-electron chi connectivity index (χ4n) is 2.60. The summed E-state index contributed by atoms with van der Waals surface area (Å²) in [6.45, 7) is 1.15. The van der Waals surface area contributed by atoms with E-state index in [0.29, 0.717) is 29.4 Å². The molecular weight excluding hydrogens is 350 g/mol. The van der Waals surface area contributed by atoms with E-state index in [1.54, 1.807) is 18.9 Å². The van der Waals surface area contributed by atoms with Gasteiger partial charge in [0.2, 0.25) is 5.91 Å². The molecule has 2 unspecified atom stereocenters. The van der Waals surface area contributed by atoms with E-state index in [9.17, 15) is 4.79 Å². The van der Waals surface area contributed by atoms with Crippen molar-refractivity contribution in [3.8, 4) is 0 Å². The summed E-state index contributed by atoms with van der Waals surface area (Å²) in [6, 6.07) is 8.05. The standard InChI is InChI=1S/C17H24ClNO2S2/c1-21-11-10-19-17(20)12-22-15-4-2-3-5-16(15)23-14-8-6-13(18)7-9-14/h6-9,15-16H,2-5,10-12H2,1H3,(H,19,20). The summed E-state index contributed by atoms with van der Waals surface area (Å²) in [5.74, 6) is 0.638. The van der Waals surface area contributed by atoms with Crippen LogP contribution in [0, 0.1) is 0 Å². The molecule has 128 valence electrons. The molecule has 2 atom stereocenters. The number of hydrogen-bond acceptors (Lipinski definition) is 4. The molecule has 1 aliphatic rings. The van der Waals surface area contributed by atoms with Crippen LogP contribution < -0.4 is 5.32 Å². The van der Waals surface area contributed by atoms with Gasteiger partial charge in [-0.15, -0.1) is 23.5 Å². The highest BCUT2D eigenvalue weighted by Crippen LogP contribution is 2.39. The zero-order valence-corrected chi connectivity index (χ0v) is 15.8. The maximum atomic E-state index is 11.9. The minimum Gasteiger partial charge on any atom is -0.383 e. The minimum absolute atomic E-state index is 0.105. The lowest BCUT2D eigenvalue weighted by Gasteiger charge is -2.30. The van der Waals surface area contributed by atoms with Gasteiger partial charge in [-0.05, 0) is 37.1 Å². The van der Waals surface area contributed by atoms with E-state index >= 15 is 0 Å². The van der Waals surface area contributed by atoms with E-state index in [1.165, 1.54) is 30.6 Å². The van der Waals surface area contributed by atoms with Crippen molar-refractivity contribution in [2.24, 2.45) is 0 Å². The Kier molecular flexibility index (Phi) is 8.66. The van der Waals surface area contributed by atoms with Crippen LogP contribution in [0.2, 0.25) is 5.02 Å². The maximum absolute atomic E-state index is 11.9. The van der Waals surface area contributed by atoms with Crippen molar-refractivity contribution in [3.63, 3.8) is 0 Å². The first-order valence-corrected chi connectivity index (χ1v) is 10.3. The molecule has 1 N–H and O–H groups in total. The van der Waals surface area contributed by atoms with Gasteiger partial charge < -0.3 is 10.1 Å². The Hall–Kier alpha value is -0.360. The number of amides is 1. The molecule has 0 saturated heterocycles. The van der Waals surface area contributed by atoms with E-state index in [4.69, 9.17) is 16.3 Å². The van der Waals surface area contributed by atoms with Crippen molar-refractivity contribution in [2.45, 2.75) is 41.1 Å². The Bertz CT molecular complexity index is 484. The Labute approximate surface area is 152 Å². The van der Waals surface area contributed by atoms with Crippen molar-refractivity contribution in [3.05, 3.63) is 29.3 Å². The third-order valence-electron chi connectivity index (χ3n) is 3.80. The molecule has 0 aliphatic heterocycles. The first kappa shape index (κ1) is 19.0. The molecule has 1 aliphatic carbocycles. The van der Waals surface area contributed by atoms with Crippen LogP contribution in [0.1, 0.15) is 25.7 Å². The molecule has 3 nitrogen and oxygen atoms in total. The lowest BCUT2D eigenvalue weighted by atomic mass is 10.00. The van der Waals surface area contributed by atoms with E-state index in [-0.39, 0.29) is 5.91 Å². The van der Waals surface area contributed by atoms with E-state index in [0.717, 1.165) is 5.02 Å². The highest BCUT2D eigenvalue weighted by Gasteiger charge is 2.27. The Morgan fingerprint density at radius 2 is 1.96 bits per heavy atom. The molecule has 1 saturated carbocycles. The third kappa shape index (κ3) is 6.96. The number of thioether (sulfide) groups is 2. The van der Waals surface area contributed by atoms with E-state index in [2.05, 4.69) is 17.4 Å². The monoisotopic (exact) mass is 373 g/mol. The molecule has 1 aromatic rings. The predicted octanol–water partition coefficient (Wildman–Crippen LogP) is 4.24. The molecule has 1 aromatic carbocycles. The van der Waals surface area contributed by atoms with Crippen molar-refractivity contribution in [2.75, 3.05) is 26.0 Å². The fourth-order valence-corrected chi connectivity index (χ4v) is 5.50.